The van der Waals surface area contributed by atoms with Crippen molar-refractivity contribution in [1.29, 1.82) is 0 Å². The predicted octanol–water partition coefficient (Wildman–Crippen LogP) is 4.13. The van der Waals surface area contributed by atoms with E-state index in [0.29, 0.717) is 5.56 Å². The van der Waals surface area contributed by atoms with Crippen molar-refractivity contribution in [3.8, 4) is 0 Å². The molecule has 1 amide bonds. The van der Waals surface area contributed by atoms with Gasteiger partial charge in [0.05, 0.1) is 15.5 Å². The number of sulfonamides is 1. The van der Waals surface area contributed by atoms with Gasteiger partial charge in [-0.25, -0.2) is 13.1 Å². The molecule has 1 saturated carbocycles. The molecule has 30 heavy (non-hydrogen) atoms. The maximum Gasteiger partial charge on any atom is 0.417 e. The molecule has 0 atom stereocenters. The molecule has 2 aromatic rings. The number of amides is 1. The Balaban J connectivity index is 1.57. The molecule has 5 nitrogen and oxygen atoms in total. The van der Waals surface area contributed by atoms with Gasteiger partial charge in [0.1, 0.15) is 0 Å². The third-order valence-corrected chi connectivity index (χ3v) is 6.19. The Bertz CT molecular complexity index is 1060. The molecule has 0 aliphatic heterocycles. The molecule has 0 spiro atoms. The van der Waals surface area contributed by atoms with Crippen molar-refractivity contribution in [2.45, 2.75) is 36.5 Å². The summed E-state index contributed by atoms with van der Waals surface area (Å²) >= 11 is 5.56. The van der Waals surface area contributed by atoms with Crippen molar-refractivity contribution >= 4 is 33.6 Å². The fourth-order valence-electron chi connectivity index (χ4n) is 2.56. The second kappa shape index (κ2) is 8.79. The van der Waals surface area contributed by atoms with Crippen molar-refractivity contribution in [3.63, 3.8) is 0 Å². The van der Waals surface area contributed by atoms with E-state index in [-0.39, 0.29) is 23.0 Å². The van der Waals surface area contributed by atoms with E-state index in [2.05, 4.69) is 10.0 Å². The molecular formula is C20H18ClF3N2O3S. The largest absolute Gasteiger partial charge is 0.417 e. The normalized spacial score (nSPS) is 14.8. The lowest BCUT2D eigenvalue weighted by atomic mass is 10.1. The number of hydrogen-bond donors (Lipinski definition) is 2. The number of nitrogens with one attached hydrogen (secondary N) is 2. The van der Waals surface area contributed by atoms with E-state index >= 15 is 0 Å². The highest BCUT2D eigenvalue weighted by Gasteiger charge is 2.33. The van der Waals surface area contributed by atoms with Crippen LogP contribution in [0.15, 0.2) is 53.4 Å². The highest BCUT2D eigenvalue weighted by molar-refractivity contribution is 7.89. The van der Waals surface area contributed by atoms with Gasteiger partial charge in [0, 0.05) is 18.7 Å². The molecule has 10 heteroatoms. The summed E-state index contributed by atoms with van der Waals surface area (Å²) in [6.45, 7) is 0.133. The van der Waals surface area contributed by atoms with Crippen molar-refractivity contribution < 1.29 is 26.4 Å². The third kappa shape index (κ3) is 6.07. The first kappa shape index (κ1) is 22.3. The van der Waals surface area contributed by atoms with Crippen LogP contribution in [0.5, 0.6) is 0 Å². The van der Waals surface area contributed by atoms with Gasteiger partial charge in [0.15, 0.2) is 0 Å². The van der Waals surface area contributed by atoms with Gasteiger partial charge >= 0.3 is 6.18 Å². The van der Waals surface area contributed by atoms with Gasteiger partial charge in [-0.1, -0.05) is 29.8 Å². The predicted molar refractivity (Wildman–Crippen MR) is 107 cm³/mol. The monoisotopic (exact) mass is 458 g/mol. The summed E-state index contributed by atoms with van der Waals surface area (Å²) in [4.78, 5) is 12.1. The van der Waals surface area contributed by atoms with Gasteiger partial charge in [-0.3, -0.25) is 4.79 Å². The Morgan fingerprint density at radius 3 is 2.40 bits per heavy atom. The number of carbonyl (C=O) groups excluding carboxylic acids is 1. The molecule has 0 saturated heterocycles. The number of hydrogen-bond acceptors (Lipinski definition) is 3. The standard InChI is InChI=1S/C20H18ClF3N2O3S/c21-18-9-3-13(11-17(18)20(22,23)24)4-10-19(27)25-12-14-1-7-16(8-2-14)30(28,29)26-15-5-6-15/h1-4,7-11,15,26H,5-6,12H2,(H,25,27)/b10-4+. The van der Waals surface area contributed by atoms with E-state index in [1.807, 2.05) is 0 Å². The van der Waals surface area contributed by atoms with Crippen molar-refractivity contribution in [2.24, 2.45) is 0 Å². The summed E-state index contributed by atoms with van der Waals surface area (Å²) < 4.78 is 65.4. The molecule has 0 heterocycles. The third-order valence-electron chi connectivity index (χ3n) is 4.32. The van der Waals surface area contributed by atoms with E-state index in [1.54, 1.807) is 12.1 Å². The van der Waals surface area contributed by atoms with Crippen LogP contribution in [-0.2, 0) is 27.5 Å². The first-order valence-corrected chi connectivity index (χ1v) is 10.8. The Morgan fingerprint density at radius 1 is 1.13 bits per heavy atom. The summed E-state index contributed by atoms with van der Waals surface area (Å²) in [6, 6.07) is 9.43. The minimum absolute atomic E-state index is 0.00797. The van der Waals surface area contributed by atoms with Crippen LogP contribution in [-0.4, -0.2) is 20.4 Å². The molecule has 0 bridgehead atoms. The molecule has 2 N–H and O–H groups in total. The molecule has 160 valence electrons. The van der Waals surface area contributed by atoms with E-state index < -0.39 is 32.7 Å². The quantitative estimate of drug-likeness (QED) is 0.613. The minimum Gasteiger partial charge on any atom is -0.348 e. The average molecular weight is 459 g/mol. The van der Waals surface area contributed by atoms with Crippen LogP contribution in [0.2, 0.25) is 5.02 Å². The number of alkyl halides is 3. The van der Waals surface area contributed by atoms with Gasteiger partial charge < -0.3 is 5.32 Å². The molecule has 0 aromatic heterocycles. The van der Waals surface area contributed by atoms with E-state index in [4.69, 9.17) is 11.6 Å². The summed E-state index contributed by atoms with van der Waals surface area (Å²) in [6.07, 6.45) is -0.548. The van der Waals surface area contributed by atoms with Gasteiger partial charge in [-0.2, -0.15) is 13.2 Å². The van der Waals surface area contributed by atoms with E-state index in [9.17, 15) is 26.4 Å². The van der Waals surface area contributed by atoms with E-state index in [0.717, 1.165) is 31.1 Å². The topological polar surface area (TPSA) is 75.3 Å². The first-order chi connectivity index (χ1) is 14.0. The zero-order valence-corrected chi connectivity index (χ0v) is 17.1. The SMILES string of the molecule is O=C(/C=C/c1ccc(Cl)c(C(F)(F)F)c1)NCc1ccc(S(=O)(=O)NC2CC2)cc1. The van der Waals surface area contributed by atoms with Gasteiger partial charge in [0.25, 0.3) is 0 Å². The molecule has 0 unspecified atom stereocenters. The smallest absolute Gasteiger partial charge is 0.348 e. The Morgan fingerprint density at radius 2 is 1.80 bits per heavy atom. The van der Waals surface area contributed by atoms with Crippen LogP contribution in [0, 0.1) is 0 Å². The summed E-state index contributed by atoms with van der Waals surface area (Å²) in [5, 5.41) is 2.17. The number of carbonyl (C=O) groups is 1. The van der Waals surface area contributed by atoms with Crippen LogP contribution in [0.1, 0.15) is 29.5 Å². The second-order valence-corrected chi connectivity index (χ2v) is 8.95. The fourth-order valence-corrected chi connectivity index (χ4v) is 4.09. The molecule has 1 aliphatic carbocycles. The van der Waals surface area contributed by atoms with Gasteiger partial charge in [0.2, 0.25) is 15.9 Å². The molecule has 1 fully saturated rings. The summed E-state index contributed by atoms with van der Waals surface area (Å²) in [7, 11) is -3.54. The van der Waals surface area contributed by atoms with Crippen molar-refractivity contribution in [1.82, 2.24) is 10.0 Å². The van der Waals surface area contributed by atoms with Crippen LogP contribution >= 0.6 is 11.6 Å². The van der Waals surface area contributed by atoms with Gasteiger partial charge in [-0.15, -0.1) is 0 Å². The lowest BCUT2D eigenvalue weighted by molar-refractivity contribution is -0.137. The zero-order valence-electron chi connectivity index (χ0n) is 15.5. The Kier molecular flexibility index (Phi) is 6.54. The van der Waals surface area contributed by atoms with Crippen LogP contribution < -0.4 is 10.0 Å². The average Bonchev–Trinajstić information content (AvgIpc) is 3.48. The lowest BCUT2D eigenvalue weighted by Crippen LogP contribution is -2.25. The Hall–Kier alpha value is -2.36. The zero-order chi connectivity index (χ0) is 21.9. The summed E-state index contributed by atoms with van der Waals surface area (Å²) in [5.41, 5.74) is -0.120. The number of halogens is 4. The number of benzene rings is 2. The Labute approximate surface area is 177 Å². The second-order valence-electron chi connectivity index (χ2n) is 6.83. The number of rotatable bonds is 7. The molecule has 3 rings (SSSR count). The van der Waals surface area contributed by atoms with Crippen molar-refractivity contribution in [3.05, 3.63) is 70.3 Å². The van der Waals surface area contributed by atoms with Crippen LogP contribution in [0.3, 0.4) is 0 Å². The summed E-state index contributed by atoms with van der Waals surface area (Å²) in [5.74, 6) is -0.509. The van der Waals surface area contributed by atoms with Crippen LogP contribution in [0.4, 0.5) is 13.2 Å². The lowest BCUT2D eigenvalue weighted by Gasteiger charge is -2.09. The molecule has 1 aliphatic rings. The maximum absolute atomic E-state index is 12.9. The highest BCUT2D eigenvalue weighted by Crippen LogP contribution is 2.35. The first-order valence-electron chi connectivity index (χ1n) is 8.98. The maximum atomic E-state index is 12.9. The minimum atomic E-state index is -4.59. The van der Waals surface area contributed by atoms with Crippen molar-refractivity contribution in [2.75, 3.05) is 0 Å². The van der Waals surface area contributed by atoms with Gasteiger partial charge in [-0.05, 0) is 54.3 Å². The fraction of sp³-hybridized carbons (Fsp3) is 0.250. The van der Waals surface area contributed by atoms with E-state index in [1.165, 1.54) is 24.3 Å². The highest BCUT2D eigenvalue weighted by atomic mass is 35.5. The molecule has 0 radical (unpaired) electrons. The molecule has 2 aromatic carbocycles. The van der Waals surface area contributed by atoms with Crippen LogP contribution in [0.25, 0.3) is 6.08 Å². The molecular weight excluding hydrogens is 441 g/mol.